The van der Waals surface area contributed by atoms with Crippen molar-refractivity contribution in [2.24, 2.45) is 0 Å². The van der Waals surface area contributed by atoms with Gasteiger partial charge in [0.05, 0.1) is 0 Å². The monoisotopic (exact) mass is 346 g/mol. The van der Waals surface area contributed by atoms with Gasteiger partial charge in [0.25, 0.3) is 0 Å². The molecule has 2 atom stereocenters. The van der Waals surface area contributed by atoms with Crippen molar-refractivity contribution in [2.45, 2.75) is 64.2 Å². The van der Waals surface area contributed by atoms with E-state index in [1.165, 1.54) is 49.7 Å². The minimum Gasteiger partial charge on any atom is -0.0879 e. The number of benzene rings is 2. The molecule has 0 spiro atoms. The maximum absolute atomic E-state index is 2.44. The lowest BCUT2D eigenvalue weighted by atomic mass is 9.80. The van der Waals surface area contributed by atoms with Crippen LogP contribution in [0, 0.1) is 0 Å². The third-order valence-electron chi connectivity index (χ3n) is 4.89. The largest absolute Gasteiger partial charge is 0.0879 e. The van der Waals surface area contributed by atoms with Crippen molar-refractivity contribution in [3.05, 3.63) is 96.1 Å². The van der Waals surface area contributed by atoms with Gasteiger partial charge in [-0.2, -0.15) is 0 Å². The molecular formula is C26H34. The summed E-state index contributed by atoms with van der Waals surface area (Å²) in [5.74, 6) is 0.765. The maximum atomic E-state index is 2.44. The summed E-state index contributed by atoms with van der Waals surface area (Å²) >= 11 is 0. The first-order valence-electron chi connectivity index (χ1n) is 10.3. The highest BCUT2D eigenvalue weighted by Crippen LogP contribution is 2.35. The zero-order valence-electron chi connectivity index (χ0n) is 16.5. The Bertz CT molecular complexity index is 577. The number of hydrogen-bond acceptors (Lipinski definition) is 0. The fourth-order valence-electron chi connectivity index (χ4n) is 3.36. The van der Waals surface area contributed by atoms with Crippen LogP contribution in [-0.2, 0) is 0 Å². The summed E-state index contributed by atoms with van der Waals surface area (Å²) in [4.78, 5) is 0. The molecule has 0 aromatic heterocycles. The molecule has 0 saturated heterocycles. The first-order valence-corrected chi connectivity index (χ1v) is 10.3. The molecule has 0 fully saturated rings. The van der Waals surface area contributed by atoms with Crippen LogP contribution in [0.4, 0.5) is 0 Å². The summed E-state index contributed by atoms with van der Waals surface area (Å²) in [5, 5.41) is 0. The van der Waals surface area contributed by atoms with Crippen molar-refractivity contribution in [1.82, 2.24) is 0 Å². The van der Waals surface area contributed by atoms with Crippen LogP contribution < -0.4 is 0 Å². The summed E-state index contributed by atoms with van der Waals surface area (Å²) in [6.07, 6.45) is 17.0. The van der Waals surface area contributed by atoms with Crippen molar-refractivity contribution in [3.63, 3.8) is 0 Å². The van der Waals surface area contributed by atoms with Crippen LogP contribution in [0.3, 0.4) is 0 Å². The number of unbranched alkanes of at least 4 members (excludes halogenated alkanes) is 4. The second kappa shape index (κ2) is 12.3. The van der Waals surface area contributed by atoms with Crippen molar-refractivity contribution >= 4 is 0 Å². The van der Waals surface area contributed by atoms with Crippen LogP contribution in [0.1, 0.15) is 75.3 Å². The van der Waals surface area contributed by atoms with Crippen molar-refractivity contribution < 1.29 is 0 Å². The highest BCUT2D eigenvalue weighted by Gasteiger charge is 2.20. The Kier molecular flexibility index (Phi) is 9.57. The van der Waals surface area contributed by atoms with E-state index in [9.17, 15) is 0 Å². The first kappa shape index (κ1) is 20.2. The molecule has 0 heteroatoms. The van der Waals surface area contributed by atoms with Crippen molar-refractivity contribution in [2.75, 3.05) is 0 Å². The molecule has 0 N–H and O–H groups in total. The molecular weight excluding hydrogens is 312 g/mol. The quantitative estimate of drug-likeness (QED) is 0.285. The SMILES string of the molecule is CCCC/C=C/C(c1ccccc1)C(/C=C/CCCC)c1ccccc1. The molecule has 2 unspecified atom stereocenters. The number of rotatable bonds is 11. The molecule has 0 saturated carbocycles. The van der Waals surface area contributed by atoms with E-state index in [4.69, 9.17) is 0 Å². The van der Waals surface area contributed by atoms with E-state index in [2.05, 4.69) is 98.8 Å². The smallest absolute Gasteiger partial charge is 0.0121 e. The van der Waals surface area contributed by atoms with E-state index in [0.717, 1.165) is 0 Å². The van der Waals surface area contributed by atoms with Crippen LogP contribution >= 0.6 is 0 Å². The minimum atomic E-state index is 0.383. The van der Waals surface area contributed by atoms with Crippen molar-refractivity contribution in [1.29, 1.82) is 0 Å². The molecule has 0 aliphatic heterocycles. The Morgan fingerprint density at radius 2 is 1.00 bits per heavy atom. The molecule has 0 aliphatic rings. The molecule has 0 aliphatic carbocycles. The normalized spacial score (nSPS) is 14.1. The second-order valence-corrected chi connectivity index (χ2v) is 7.01. The van der Waals surface area contributed by atoms with Gasteiger partial charge in [-0.25, -0.2) is 0 Å². The fourth-order valence-corrected chi connectivity index (χ4v) is 3.36. The van der Waals surface area contributed by atoms with Gasteiger partial charge in [-0.1, -0.05) is 124 Å². The topological polar surface area (TPSA) is 0 Å². The Labute approximate surface area is 160 Å². The predicted molar refractivity (Wildman–Crippen MR) is 116 cm³/mol. The van der Waals surface area contributed by atoms with Gasteiger partial charge in [0, 0.05) is 11.8 Å². The fraction of sp³-hybridized carbons (Fsp3) is 0.385. The maximum Gasteiger partial charge on any atom is 0.0121 e. The van der Waals surface area contributed by atoms with E-state index in [-0.39, 0.29) is 0 Å². The molecule has 0 bridgehead atoms. The van der Waals surface area contributed by atoms with Gasteiger partial charge in [0.2, 0.25) is 0 Å². The van der Waals surface area contributed by atoms with Crippen LogP contribution in [-0.4, -0.2) is 0 Å². The lowest BCUT2D eigenvalue weighted by Crippen LogP contribution is -2.07. The standard InChI is InChI=1S/C26H34/c1-3-5-7-15-21-25(23-17-11-9-12-18-23)26(22-16-8-6-4-2)24-19-13-10-14-20-24/h9-22,25-26H,3-8H2,1-2H3/b21-15+,22-16+. The zero-order valence-corrected chi connectivity index (χ0v) is 16.5. The summed E-state index contributed by atoms with van der Waals surface area (Å²) in [6.45, 7) is 4.51. The van der Waals surface area contributed by atoms with Gasteiger partial charge in [-0.15, -0.1) is 0 Å². The molecule has 0 heterocycles. The summed E-state index contributed by atoms with van der Waals surface area (Å²) in [6, 6.07) is 21.9. The summed E-state index contributed by atoms with van der Waals surface area (Å²) in [5.41, 5.74) is 2.79. The van der Waals surface area contributed by atoms with E-state index in [1.54, 1.807) is 0 Å². The number of hydrogen-bond donors (Lipinski definition) is 0. The van der Waals surface area contributed by atoms with Gasteiger partial charge < -0.3 is 0 Å². The van der Waals surface area contributed by atoms with Crippen LogP contribution in [0.15, 0.2) is 85.0 Å². The highest BCUT2D eigenvalue weighted by molar-refractivity contribution is 5.35. The molecule has 26 heavy (non-hydrogen) atoms. The average molecular weight is 347 g/mol. The van der Waals surface area contributed by atoms with Crippen LogP contribution in [0.2, 0.25) is 0 Å². The highest BCUT2D eigenvalue weighted by atomic mass is 14.2. The van der Waals surface area contributed by atoms with Crippen LogP contribution in [0.25, 0.3) is 0 Å². The lowest BCUT2D eigenvalue weighted by Gasteiger charge is -2.23. The summed E-state index contributed by atoms with van der Waals surface area (Å²) in [7, 11) is 0. The predicted octanol–water partition coefficient (Wildman–Crippen LogP) is 8.05. The third kappa shape index (κ3) is 6.67. The van der Waals surface area contributed by atoms with E-state index in [0.29, 0.717) is 11.8 Å². The Morgan fingerprint density at radius 3 is 1.35 bits per heavy atom. The minimum absolute atomic E-state index is 0.383. The molecule has 0 radical (unpaired) electrons. The molecule has 2 aromatic carbocycles. The molecule has 0 amide bonds. The van der Waals surface area contributed by atoms with Crippen LogP contribution in [0.5, 0.6) is 0 Å². The first-order chi connectivity index (χ1) is 12.9. The van der Waals surface area contributed by atoms with Gasteiger partial charge in [0.1, 0.15) is 0 Å². The van der Waals surface area contributed by atoms with Gasteiger partial charge in [-0.05, 0) is 24.0 Å². The third-order valence-corrected chi connectivity index (χ3v) is 4.89. The zero-order chi connectivity index (χ0) is 18.5. The van der Waals surface area contributed by atoms with E-state index in [1.807, 2.05) is 0 Å². The Balaban J connectivity index is 2.33. The Hall–Kier alpha value is -2.08. The number of allylic oxidation sites excluding steroid dienone is 4. The van der Waals surface area contributed by atoms with Gasteiger partial charge >= 0.3 is 0 Å². The van der Waals surface area contributed by atoms with E-state index >= 15 is 0 Å². The lowest BCUT2D eigenvalue weighted by molar-refractivity contribution is 0.722. The van der Waals surface area contributed by atoms with Gasteiger partial charge in [0.15, 0.2) is 0 Å². The molecule has 138 valence electrons. The Morgan fingerprint density at radius 1 is 0.615 bits per heavy atom. The molecule has 0 nitrogen and oxygen atoms in total. The molecule has 2 aromatic rings. The molecule has 2 rings (SSSR count). The summed E-state index contributed by atoms with van der Waals surface area (Å²) < 4.78 is 0. The average Bonchev–Trinajstić information content (AvgIpc) is 2.70. The van der Waals surface area contributed by atoms with Gasteiger partial charge in [-0.3, -0.25) is 0 Å². The van der Waals surface area contributed by atoms with Crippen molar-refractivity contribution in [3.8, 4) is 0 Å². The second-order valence-electron chi connectivity index (χ2n) is 7.01. The van der Waals surface area contributed by atoms with E-state index < -0.39 is 0 Å².